The van der Waals surface area contributed by atoms with Gasteiger partial charge in [0.25, 0.3) is 0 Å². The highest BCUT2D eigenvalue weighted by Gasteiger charge is 2.31. The molecule has 0 aliphatic heterocycles. The standard InChI is InChI=1S/C20H26N2O4S/c1-6-19(20(23)21-18-12-7-14(2)13-15(18)3)22(27(5,24)25)16-8-10-17(26-4)11-9-16/h7-13,19H,6H2,1-5H3,(H,21,23)/t19-/m0/s1. The van der Waals surface area contributed by atoms with Crippen LogP contribution in [0.3, 0.4) is 0 Å². The molecule has 0 saturated heterocycles. The Morgan fingerprint density at radius 3 is 2.26 bits per heavy atom. The second-order valence-electron chi connectivity index (χ2n) is 6.49. The van der Waals surface area contributed by atoms with Crippen LogP contribution in [0.15, 0.2) is 42.5 Å². The van der Waals surface area contributed by atoms with Crippen molar-refractivity contribution in [3.05, 3.63) is 53.6 Å². The van der Waals surface area contributed by atoms with Crippen molar-refractivity contribution in [2.75, 3.05) is 23.0 Å². The van der Waals surface area contributed by atoms with Gasteiger partial charge in [-0.25, -0.2) is 8.42 Å². The molecule has 0 bridgehead atoms. The van der Waals surface area contributed by atoms with E-state index in [0.717, 1.165) is 21.7 Å². The summed E-state index contributed by atoms with van der Waals surface area (Å²) < 4.78 is 31.2. The van der Waals surface area contributed by atoms with Gasteiger partial charge in [-0.05, 0) is 56.2 Å². The summed E-state index contributed by atoms with van der Waals surface area (Å²) in [5, 5.41) is 2.86. The number of hydrogen-bond donors (Lipinski definition) is 1. The zero-order valence-electron chi connectivity index (χ0n) is 16.3. The van der Waals surface area contributed by atoms with Gasteiger partial charge >= 0.3 is 0 Å². The number of methoxy groups -OCH3 is 1. The summed E-state index contributed by atoms with van der Waals surface area (Å²) in [6.07, 6.45) is 1.43. The van der Waals surface area contributed by atoms with Crippen molar-refractivity contribution in [1.29, 1.82) is 0 Å². The molecule has 0 aliphatic carbocycles. The van der Waals surface area contributed by atoms with Gasteiger partial charge in [-0.15, -0.1) is 0 Å². The monoisotopic (exact) mass is 390 g/mol. The number of sulfonamides is 1. The Bertz CT molecular complexity index is 908. The maximum absolute atomic E-state index is 12.9. The smallest absolute Gasteiger partial charge is 0.248 e. The van der Waals surface area contributed by atoms with E-state index >= 15 is 0 Å². The molecule has 2 rings (SSSR count). The van der Waals surface area contributed by atoms with Gasteiger partial charge in [-0.3, -0.25) is 9.10 Å². The number of carbonyl (C=O) groups excluding carboxylic acids is 1. The molecule has 27 heavy (non-hydrogen) atoms. The van der Waals surface area contributed by atoms with E-state index in [4.69, 9.17) is 4.74 Å². The van der Waals surface area contributed by atoms with Crippen molar-refractivity contribution in [2.45, 2.75) is 33.2 Å². The lowest BCUT2D eigenvalue weighted by molar-refractivity contribution is -0.117. The predicted molar refractivity (Wildman–Crippen MR) is 109 cm³/mol. The van der Waals surface area contributed by atoms with Gasteiger partial charge in [-0.1, -0.05) is 24.6 Å². The lowest BCUT2D eigenvalue weighted by atomic mass is 10.1. The number of aryl methyl sites for hydroxylation is 2. The van der Waals surface area contributed by atoms with Crippen molar-refractivity contribution >= 4 is 27.3 Å². The second kappa shape index (κ2) is 8.43. The third-order valence-corrected chi connectivity index (χ3v) is 5.48. The van der Waals surface area contributed by atoms with Gasteiger partial charge in [0.2, 0.25) is 15.9 Å². The van der Waals surface area contributed by atoms with Gasteiger partial charge in [0.1, 0.15) is 11.8 Å². The van der Waals surface area contributed by atoms with Crippen LogP contribution in [-0.4, -0.2) is 33.7 Å². The van der Waals surface area contributed by atoms with E-state index in [1.54, 1.807) is 31.2 Å². The first-order chi connectivity index (χ1) is 12.7. The van der Waals surface area contributed by atoms with Gasteiger partial charge in [-0.2, -0.15) is 0 Å². The lowest BCUT2D eigenvalue weighted by Crippen LogP contribution is -2.47. The van der Waals surface area contributed by atoms with Crippen LogP contribution in [0.25, 0.3) is 0 Å². The Morgan fingerprint density at radius 2 is 1.78 bits per heavy atom. The quantitative estimate of drug-likeness (QED) is 0.785. The Hall–Kier alpha value is -2.54. The average molecular weight is 391 g/mol. The molecule has 0 heterocycles. The van der Waals surface area contributed by atoms with Crippen molar-refractivity contribution in [1.82, 2.24) is 0 Å². The van der Waals surface area contributed by atoms with Crippen LogP contribution in [0, 0.1) is 13.8 Å². The Labute approximate surface area is 161 Å². The van der Waals surface area contributed by atoms with Crippen LogP contribution < -0.4 is 14.4 Å². The molecule has 1 atom stereocenters. The largest absolute Gasteiger partial charge is 0.497 e. The number of ether oxygens (including phenoxy) is 1. The van der Waals surface area contributed by atoms with Crippen LogP contribution in [0.2, 0.25) is 0 Å². The molecule has 0 aliphatic rings. The maximum Gasteiger partial charge on any atom is 0.248 e. The Morgan fingerprint density at radius 1 is 1.15 bits per heavy atom. The maximum atomic E-state index is 12.9. The third kappa shape index (κ3) is 5.01. The molecule has 0 aromatic heterocycles. The number of nitrogens with one attached hydrogen (secondary N) is 1. The summed E-state index contributed by atoms with van der Waals surface area (Å²) >= 11 is 0. The minimum Gasteiger partial charge on any atom is -0.497 e. The van der Waals surface area contributed by atoms with Crippen LogP contribution >= 0.6 is 0 Å². The zero-order valence-corrected chi connectivity index (χ0v) is 17.1. The Balaban J connectivity index is 2.37. The average Bonchev–Trinajstić information content (AvgIpc) is 2.61. The minimum absolute atomic E-state index is 0.329. The van der Waals surface area contributed by atoms with Gasteiger partial charge in [0.15, 0.2) is 0 Å². The first kappa shape index (κ1) is 20.8. The molecular formula is C20H26N2O4S. The van der Waals surface area contributed by atoms with E-state index in [1.165, 1.54) is 7.11 Å². The van der Waals surface area contributed by atoms with E-state index < -0.39 is 16.1 Å². The summed E-state index contributed by atoms with van der Waals surface area (Å²) in [6.45, 7) is 5.66. The summed E-state index contributed by atoms with van der Waals surface area (Å²) in [5.74, 6) is 0.241. The van der Waals surface area contributed by atoms with E-state index in [1.807, 2.05) is 32.0 Å². The fourth-order valence-corrected chi connectivity index (χ4v) is 4.17. The van der Waals surface area contributed by atoms with Gasteiger partial charge in [0, 0.05) is 5.69 Å². The van der Waals surface area contributed by atoms with Crippen LogP contribution in [0.5, 0.6) is 5.75 Å². The number of hydrogen-bond acceptors (Lipinski definition) is 4. The molecular weight excluding hydrogens is 364 g/mol. The molecule has 0 unspecified atom stereocenters. The lowest BCUT2D eigenvalue weighted by Gasteiger charge is -2.30. The summed E-state index contributed by atoms with van der Waals surface area (Å²) in [4.78, 5) is 12.9. The number of nitrogens with zero attached hydrogens (tertiary/aromatic N) is 1. The molecule has 1 amide bonds. The van der Waals surface area contributed by atoms with E-state index in [2.05, 4.69) is 5.32 Å². The van der Waals surface area contributed by atoms with Crippen molar-refractivity contribution in [3.8, 4) is 5.75 Å². The van der Waals surface area contributed by atoms with Crippen LogP contribution in [0.1, 0.15) is 24.5 Å². The third-order valence-electron chi connectivity index (χ3n) is 4.30. The second-order valence-corrected chi connectivity index (χ2v) is 8.35. The molecule has 0 spiro atoms. The molecule has 0 fully saturated rings. The molecule has 0 saturated carbocycles. The van der Waals surface area contributed by atoms with E-state index in [-0.39, 0.29) is 5.91 Å². The highest BCUT2D eigenvalue weighted by molar-refractivity contribution is 7.92. The zero-order chi connectivity index (χ0) is 20.2. The fourth-order valence-electron chi connectivity index (χ4n) is 2.96. The molecule has 0 radical (unpaired) electrons. The molecule has 146 valence electrons. The SMILES string of the molecule is CC[C@@H](C(=O)Nc1ccc(C)cc1C)N(c1ccc(OC)cc1)S(C)(=O)=O. The summed E-state index contributed by atoms with van der Waals surface area (Å²) in [7, 11) is -2.13. The number of benzene rings is 2. The van der Waals surface area contributed by atoms with Crippen molar-refractivity contribution in [2.24, 2.45) is 0 Å². The molecule has 2 aromatic carbocycles. The topological polar surface area (TPSA) is 75.7 Å². The number of amides is 1. The van der Waals surface area contributed by atoms with E-state index in [9.17, 15) is 13.2 Å². The summed E-state index contributed by atoms with van der Waals surface area (Å²) in [6, 6.07) is 11.4. The minimum atomic E-state index is -3.67. The number of rotatable bonds is 7. The van der Waals surface area contributed by atoms with Crippen molar-refractivity contribution in [3.63, 3.8) is 0 Å². The Kier molecular flexibility index (Phi) is 6.49. The number of anilines is 2. The predicted octanol–water partition coefficient (Wildman–Crippen LogP) is 3.50. The van der Waals surface area contributed by atoms with Crippen LogP contribution in [-0.2, 0) is 14.8 Å². The highest BCUT2D eigenvalue weighted by atomic mass is 32.2. The molecule has 6 nitrogen and oxygen atoms in total. The summed E-state index contributed by atoms with van der Waals surface area (Å²) in [5.41, 5.74) is 3.11. The van der Waals surface area contributed by atoms with Crippen molar-refractivity contribution < 1.29 is 17.9 Å². The van der Waals surface area contributed by atoms with Gasteiger partial charge in [0.05, 0.1) is 19.1 Å². The number of carbonyl (C=O) groups is 1. The van der Waals surface area contributed by atoms with E-state index in [0.29, 0.717) is 23.5 Å². The first-order valence-corrected chi connectivity index (χ1v) is 10.5. The highest BCUT2D eigenvalue weighted by Crippen LogP contribution is 2.26. The van der Waals surface area contributed by atoms with Gasteiger partial charge < -0.3 is 10.1 Å². The fraction of sp³-hybridized carbons (Fsp3) is 0.350. The van der Waals surface area contributed by atoms with Crippen LogP contribution in [0.4, 0.5) is 11.4 Å². The molecule has 1 N–H and O–H groups in total. The molecule has 2 aromatic rings. The molecule has 7 heteroatoms. The normalized spacial score (nSPS) is 12.3. The first-order valence-electron chi connectivity index (χ1n) is 8.69.